The van der Waals surface area contributed by atoms with E-state index in [1.54, 1.807) is 71.6 Å². The van der Waals surface area contributed by atoms with E-state index in [9.17, 15) is 48.9 Å². The Morgan fingerprint density at radius 1 is 0.765 bits per heavy atom. The van der Waals surface area contributed by atoms with Crippen LogP contribution in [0.25, 0.3) is 28.1 Å². The second kappa shape index (κ2) is 26.8. The number of aromatic nitrogens is 2. The Labute approximate surface area is 478 Å². The molecule has 0 radical (unpaired) electrons. The average molecular weight is 1160 g/mol. The van der Waals surface area contributed by atoms with E-state index in [-0.39, 0.29) is 102 Å². The second-order valence-electron chi connectivity index (χ2n) is 21.3. The molecular formula is C55H69Cl2N11O13. The lowest BCUT2D eigenvalue weighted by atomic mass is 9.95. The number of benzene rings is 3. The van der Waals surface area contributed by atoms with Crippen molar-refractivity contribution in [3.63, 3.8) is 0 Å². The molecule has 8 rings (SSSR count). The topological polar surface area (TPSA) is 295 Å². The molecule has 0 spiro atoms. The summed E-state index contributed by atoms with van der Waals surface area (Å²) in [4.78, 5) is 100. The van der Waals surface area contributed by atoms with E-state index in [1.165, 1.54) is 7.11 Å². The van der Waals surface area contributed by atoms with Crippen LogP contribution >= 0.6 is 23.2 Å². The number of halogens is 2. The molecule has 3 saturated heterocycles. The first kappa shape index (κ1) is 60.2. The minimum absolute atomic E-state index is 0.00427. The van der Waals surface area contributed by atoms with Crippen LogP contribution < -0.4 is 25.8 Å². The lowest BCUT2D eigenvalue weighted by Gasteiger charge is -2.41. The lowest BCUT2D eigenvalue weighted by molar-refractivity contribution is -0.141. The molecule has 1 aromatic heterocycles. The van der Waals surface area contributed by atoms with Gasteiger partial charge in [-0.15, -0.1) is 0 Å². The highest BCUT2D eigenvalue weighted by atomic mass is 35.5. The van der Waals surface area contributed by atoms with Gasteiger partial charge < -0.3 is 55.7 Å². The normalized spacial score (nSPS) is 18.2. The molecule has 0 bridgehead atoms. The van der Waals surface area contributed by atoms with Crippen molar-refractivity contribution in [1.29, 1.82) is 0 Å². The van der Waals surface area contributed by atoms with Crippen molar-refractivity contribution in [2.75, 3.05) is 124 Å². The number of amides is 4. The number of methoxy groups -OCH3 is 1. The molecule has 0 unspecified atom stereocenters. The van der Waals surface area contributed by atoms with E-state index in [0.717, 1.165) is 0 Å². The summed E-state index contributed by atoms with van der Waals surface area (Å²) in [6, 6.07) is 14.2. The summed E-state index contributed by atoms with van der Waals surface area (Å²) < 4.78 is 19.6. The monoisotopic (exact) mass is 1160 g/mol. The van der Waals surface area contributed by atoms with Gasteiger partial charge in [0.15, 0.2) is 5.69 Å². The number of aliphatic carboxylic acids is 3. The van der Waals surface area contributed by atoms with Gasteiger partial charge in [-0.25, -0.2) is 4.68 Å². The molecule has 4 aliphatic rings. The first-order valence-electron chi connectivity index (χ1n) is 26.8. The van der Waals surface area contributed by atoms with E-state index in [0.29, 0.717) is 120 Å². The predicted octanol–water partition coefficient (Wildman–Crippen LogP) is 2.90. The number of anilines is 1. The Balaban J connectivity index is 0.891. The number of hydrogen-bond acceptors (Lipinski definition) is 16. The van der Waals surface area contributed by atoms with Gasteiger partial charge in [-0.3, -0.25) is 53.2 Å². The van der Waals surface area contributed by atoms with Gasteiger partial charge >= 0.3 is 17.9 Å². The van der Waals surface area contributed by atoms with Crippen LogP contribution in [-0.4, -0.2) is 232 Å². The van der Waals surface area contributed by atoms with Crippen LogP contribution in [0.15, 0.2) is 54.6 Å². The van der Waals surface area contributed by atoms with Crippen molar-refractivity contribution < 1.29 is 63.1 Å². The summed E-state index contributed by atoms with van der Waals surface area (Å²) in [7, 11) is 1.53. The summed E-state index contributed by atoms with van der Waals surface area (Å²) in [5.74, 6) is -3.67. The number of ether oxygens (including phenoxy) is 3. The summed E-state index contributed by atoms with van der Waals surface area (Å²) in [5, 5.41) is 40.1. The Morgan fingerprint density at radius 2 is 1.35 bits per heavy atom. The zero-order valence-electron chi connectivity index (χ0n) is 45.5. The number of rotatable bonds is 17. The number of carbonyl (C=O) groups excluding carboxylic acids is 4. The summed E-state index contributed by atoms with van der Waals surface area (Å²) >= 11 is 13.0. The molecule has 81 heavy (non-hydrogen) atoms. The molecular weight excluding hydrogens is 1090 g/mol. The van der Waals surface area contributed by atoms with Crippen LogP contribution in [-0.2, 0) is 40.1 Å². The minimum Gasteiger partial charge on any atom is -0.496 e. The zero-order valence-corrected chi connectivity index (χ0v) is 47.0. The largest absolute Gasteiger partial charge is 0.496 e. The SMILES string of the molecule is COc1cc2c(cc1-c1cccc(NC(=O)C[C@@H](N)C(=O)NC3CCN(C(=O)CN4CCN(CC(=O)O)CCN(CC(=O)O)CCN(CC(=O)O)CC4)CC3)c1)-c1c(c(C(=O)N3CCOCC3(C)C)nn1-c1cc(Cl)cc(Cl)c1)CO2. The van der Waals surface area contributed by atoms with Gasteiger partial charge in [0.25, 0.3) is 5.91 Å². The van der Waals surface area contributed by atoms with E-state index in [4.69, 9.17) is 48.2 Å². The summed E-state index contributed by atoms with van der Waals surface area (Å²) in [5.41, 5.74) is 9.93. The summed E-state index contributed by atoms with van der Waals surface area (Å²) in [6.07, 6.45) is 0.523. The van der Waals surface area contributed by atoms with Crippen LogP contribution in [0.4, 0.5) is 5.69 Å². The van der Waals surface area contributed by atoms with E-state index >= 15 is 0 Å². The summed E-state index contributed by atoms with van der Waals surface area (Å²) in [6.45, 7) is 7.06. The molecule has 3 aromatic carbocycles. The fourth-order valence-electron chi connectivity index (χ4n) is 10.6. The fraction of sp³-hybridized carbons (Fsp3) is 0.491. The Hall–Kier alpha value is -6.90. The number of carboxylic acid groups (broad SMARTS) is 3. The number of piperidine rings is 1. The van der Waals surface area contributed by atoms with Gasteiger partial charge in [-0.2, -0.15) is 5.10 Å². The van der Waals surface area contributed by atoms with Crippen molar-refractivity contribution in [1.82, 2.24) is 44.5 Å². The van der Waals surface area contributed by atoms with Crippen LogP contribution in [0.5, 0.6) is 11.5 Å². The van der Waals surface area contributed by atoms with Gasteiger partial charge in [0, 0.05) is 117 Å². The van der Waals surface area contributed by atoms with Gasteiger partial charge in [0.05, 0.1) is 75.9 Å². The average Bonchev–Trinajstić information content (AvgIpc) is 2.97. The molecule has 4 aromatic rings. The smallest absolute Gasteiger partial charge is 0.317 e. The third kappa shape index (κ3) is 15.6. The number of nitrogens with one attached hydrogen (secondary N) is 2. The predicted molar refractivity (Wildman–Crippen MR) is 299 cm³/mol. The standard InChI is InChI=1S/C55H69Cl2N11O13/c1-55(2)33-80-20-19-67(55)54(78)51-42-32-81-45-27-44(79-3)40(25-41(45)52(42)68(61-51)39-23-35(56)22-36(57)24-39)34-5-4-6-38(21-34)59-46(69)26-43(58)53(77)60-37-7-9-66(10-8-37)47(70)28-62-11-13-63(29-48(71)72)15-17-65(31-50(75)76)18-16-64(14-12-62)30-49(73)74/h4-6,21-25,27,37,43H,7-20,26,28-33,58H2,1-3H3,(H,59,69)(H,60,77)(H,71,72)(H,73,74)(H,75,76)/t43-/m1/s1. The molecule has 3 fully saturated rings. The highest BCUT2D eigenvalue weighted by Crippen LogP contribution is 2.47. The molecule has 1 atom stereocenters. The Bertz CT molecular complexity index is 2950. The number of likely N-dealkylation sites (tertiary alicyclic amines) is 1. The second-order valence-corrected chi connectivity index (χ2v) is 22.1. The van der Waals surface area contributed by atoms with Crippen molar-refractivity contribution in [2.24, 2.45) is 5.73 Å². The molecule has 0 aliphatic carbocycles. The number of hydrogen-bond donors (Lipinski definition) is 6. The fourth-order valence-corrected chi connectivity index (χ4v) is 11.1. The highest BCUT2D eigenvalue weighted by Gasteiger charge is 2.40. The van der Waals surface area contributed by atoms with E-state index in [1.807, 2.05) is 30.9 Å². The van der Waals surface area contributed by atoms with Crippen LogP contribution in [0, 0.1) is 0 Å². The molecule has 436 valence electrons. The number of carboxylic acids is 3. The van der Waals surface area contributed by atoms with Crippen LogP contribution in [0.1, 0.15) is 49.2 Å². The molecule has 4 aliphatic heterocycles. The number of nitrogens with two attached hydrogens (primary N) is 1. The van der Waals surface area contributed by atoms with Gasteiger partial charge in [-0.1, -0.05) is 35.3 Å². The molecule has 24 nitrogen and oxygen atoms in total. The van der Waals surface area contributed by atoms with Crippen molar-refractivity contribution >= 4 is 70.4 Å². The molecule has 7 N–H and O–H groups in total. The van der Waals surface area contributed by atoms with Crippen molar-refractivity contribution in [3.05, 3.63) is 75.9 Å². The van der Waals surface area contributed by atoms with E-state index in [2.05, 4.69) is 10.6 Å². The Kier molecular flexibility index (Phi) is 19.9. The molecule has 0 saturated carbocycles. The maximum absolute atomic E-state index is 14.4. The van der Waals surface area contributed by atoms with Crippen molar-refractivity contribution in [3.8, 4) is 39.6 Å². The van der Waals surface area contributed by atoms with Gasteiger partial charge in [0.1, 0.15) is 18.1 Å². The van der Waals surface area contributed by atoms with Crippen LogP contribution in [0.3, 0.4) is 0 Å². The van der Waals surface area contributed by atoms with Gasteiger partial charge in [-0.05, 0) is 68.7 Å². The number of nitrogens with zero attached hydrogens (tertiary/aromatic N) is 8. The quantitative estimate of drug-likeness (QED) is 0.0886. The Morgan fingerprint density at radius 3 is 1.90 bits per heavy atom. The molecule has 5 heterocycles. The maximum Gasteiger partial charge on any atom is 0.317 e. The third-order valence-corrected chi connectivity index (χ3v) is 15.3. The highest BCUT2D eigenvalue weighted by molar-refractivity contribution is 6.34. The number of morpholine rings is 1. The first-order valence-corrected chi connectivity index (χ1v) is 27.5. The molecule has 26 heteroatoms. The van der Waals surface area contributed by atoms with Gasteiger partial charge in [0.2, 0.25) is 17.7 Å². The van der Waals surface area contributed by atoms with Crippen LogP contribution in [0.2, 0.25) is 10.0 Å². The van der Waals surface area contributed by atoms with Crippen molar-refractivity contribution in [2.45, 2.75) is 57.3 Å². The number of carbonyl (C=O) groups is 7. The maximum atomic E-state index is 14.4. The molecule has 4 amide bonds. The van der Waals surface area contributed by atoms with E-state index < -0.39 is 41.3 Å². The zero-order chi connectivity index (χ0) is 58.1. The lowest BCUT2D eigenvalue weighted by Crippen LogP contribution is -2.55. The minimum atomic E-state index is -1.19. The first-order chi connectivity index (χ1) is 38.6. The third-order valence-electron chi connectivity index (χ3n) is 14.9. The number of fused-ring (bicyclic) bond motifs is 3.